The number of hydrogen-bond donors (Lipinski definition) is 0. The first kappa shape index (κ1) is 624. The van der Waals surface area contributed by atoms with E-state index in [9.17, 15) is 0 Å². The SMILES string of the molecule is O.[Cl-].[NH2-].[NH2-].[NH2-].[NH2-].[Pd+2]. The molecule has 0 bridgehead atoms. The molecule has 0 heterocycles. The fourth-order valence-corrected chi connectivity index (χ4v) is 0. The van der Waals surface area contributed by atoms with Gasteiger partial charge in [-0.2, -0.15) is 0 Å². The second-order valence-corrected chi connectivity index (χ2v) is 0. The van der Waals surface area contributed by atoms with Crippen molar-refractivity contribution in [2.75, 3.05) is 0 Å². The van der Waals surface area contributed by atoms with Crippen molar-refractivity contribution in [1.82, 2.24) is 0 Å². The molecule has 10 N–H and O–H groups in total. The van der Waals surface area contributed by atoms with Crippen LogP contribution in [0.15, 0.2) is 0 Å². The quantitative estimate of drug-likeness (QED) is 0.462. The molecule has 0 unspecified atom stereocenters. The summed E-state index contributed by atoms with van der Waals surface area (Å²) in [5.41, 5.74) is 0. The number of halogens is 1. The molecule has 0 aliphatic carbocycles. The van der Waals surface area contributed by atoms with E-state index in [1.54, 1.807) is 0 Å². The topological polar surface area (TPSA) is 166 Å². The van der Waals surface area contributed by atoms with E-state index in [-0.39, 0.29) is 62.9 Å². The standard InChI is InChI=1S/ClH.4H2N.H2O.Pd/h1H;5*1H2;/q;4*-1;;+2/p-1. The molecule has 0 aliphatic rings. The van der Waals surface area contributed by atoms with Crippen LogP contribution in [0.1, 0.15) is 0 Å². The fraction of sp³-hybridized carbons (Fsp3) is 0. The van der Waals surface area contributed by atoms with Gasteiger partial charge in [-0.3, -0.25) is 0 Å². The summed E-state index contributed by atoms with van der Waals surface area (Å²) >= 11 is 0. The summed E-state index contributed by atoms with van der Waals surface area (Å²) in [6, 6.07) is 0. The molecule has 0 atom stereocenters. The van der Waals surface area contributed by atoms with E-state index in [4.69, 9.17) is 0 Å². The molecule has 0 aromatic rings. The molecule has 0 saturated heterocycles. The Bertz CT molecular complexity index is 11.7. The van der Waals surface area contributed by atoms with Crippen LogP contribution in [-0.2, 0) is 20.4 Å². The third kappa shape index (κ3) is 269. The van der Waals surface area contributed by atoms with Crippen molar-refractivity contribution in [2.45, 2.75) is 0 Å². The first-order chi connectivity index (χ1) is 0. The first-order valence-corrected chi connectivity index (χ1v) is 0. The van der Waals surface area contributed by atoms with Gasteiger partial charge in [0.15, 0.2) is 0 Å². The van der Waals surface area contributed by atoms with Crippen LogP contribution >= 0.6 is 0 Å². The van der Waals surface area contributed by atoms with E-state index in [0.29, 0.717) is 0 Å². The molecule has 7 heavy (non-hydrogen) atoms. The molecule has 0 aliphatic heterocycles. The average molecular weight is 224 g/mol. The van der Waals surface area contributed by atoms with Crippen LogP contribution in [0.4, 0.5) is 0 Å². The molecule has 56 valence electrons. The van der Waals surface area contributed by atoms with E-state index in [1.165, 1.54) is 0 Å². The molecular weight excluding hydrogens is 214 g/mol. The van der Waals surface area contributed by atoms with Crippen molar-refractivity contribution >= 4 is 0 Å². The van der Waals surface area contributed by atoms with Gasteiger partial charge in [0, 0.05) is 0 Å². The van der Waals surface area contributed by atoms with Gasteiger partial charge in [-0.25, -0.2) is 0 Å². The molecule has 0 aromatic carbocycles. The minimum Gasteiger partial charge on any atom is -1.00 e. The van der Waals surface area contributed by atoms with Crippen LogP contribution in [0.2, 0.25) is 0 Å². The van der Waals surface area contributed by atoms with Crippen molar-refractivity contribution in [2.24, 2.45) is 0 Å². The zero-order valence-corrected chi connectivity index (χ0v) is 5.81. The predicted molar refractivity (Wildman–Crippen MR) is 24.8 cm³/mol. The van der Waals surface area contributed by atoms with E-state index < -0.39 is 0 Å². The largest absolute Gasteiger partial charge is 2.00 e. The Labute approximate surface area is 63.3 Å². The third-order valence-electron chi connectivity index (χ3n) is 0. The van der Waals surface area contributed by atoms with Gasteiger partial charge in [-0.05, 0) is 0 Å². The van der Waals surface area contributed by atoms with Crippen molar-refractivity contribution in [3.05, 3.63) is 24.6 Å². The number of hydrogen-bond acceptors (Lipinski definition) is 0. The van der Waals surface area contributed by atoms with Gasteiger partial charge >= 0.3 is 20.4 Å². The summed E-state index contributed by atoms with van der Waals surface area (Å²) in [6.45, 7) is 0. The predicted octanol–water partition coefficient (Wildman–Crippen LogP) is -0.955. The normalized spacial score (nSPS) is 0. The Kier molecular flexibility index (Phi) is 35200. The molecule has 0 aromatic heterocycles. The van der Waals surface area contributed by atoms with Crippen molar-refractivity contribution in [1.29, 1.82) is 0 Å². The summed E-state index contributed by atoms with van der Waals surface area (Å²) < 4.78 is 0. The van der Waals surface area contributed by atoms with Crippen LogP contribution in [0.3, 0.4) is 0 Å². The third-order valence-corrected chi connectivity index (χ3v) is 0. The Morgan fingerprint density at radius 3 is 0.571 bits per heavy atom. The van der Waals surface area contributed by atoms with Crippen LogP contribution in [-0.4, -0.2) is 5.48 Å². The molecule has 0 fully saturated rings. The Morgan fingerprint density at radius 2 is 0.571 bits per heavy atom. The van der Waals surface area contributed by atoms with Gasteiger partial charge in [-0.1, -0.05) is 0 Å². The monoisotopic (exact) mass is 223 g/mol. The van der Waals surface area contributed by atoms with Gasteiger partial charge in [-0.15, -0.1) is 0 Å². The molecule has 0 spiro atoms. The maximum absolute atomic E-state index is 0. The number of rotatable bonds is 0. The van der Waals surface area contributed by atoms with Crippen molar-refractivity contribution < 1.29 is 38.3 Å². The molecule has 0 radical (unpaired) electrons. The second kappa shape index (κ2) is 395. The molecule has 0 rings (SSSR count). The van der Waals surface area contributed by atoms with Crippen LogP contribution in [0.25, 0.3) is 24.6 Å². The summed E-state index contributed by atoms with van der Waals surface area (Å²) in [5.74, 6) is 0. The van der Waals surface area contributed by atoms with Crippen LogP contribution < -0.4 is 12.4 Å². The molecule has 0 amide bonds. The van der Waals surface area contributed by atoms with Gasteiger partial charge < -0.3 is 42.5 Å². The van der Waals surface area contributed by atoms with Gasteiger partial charge in [0.05, 0.1) is 0 Å². The summed E-state index contributed by atoms with van der Waals surface area (Å²) in [7, 11) is 0. The fourth-order valence-electron chi connectivity index (χ4n) is 0. The number of nitrogens with two attached hydrogens (primary N) is 4. The first-order valence-electron chi connectivity index (χ1n) is 0. The average Bonchev–Trinajstić information content (AvgIpc) is 0. The zero-order valence-electron chi connectivity index (χ0n) is 3.50. The van der Waals surface area contributed by atoms with Crippen LogP contribution in [0, 0.1) is 0 Å². The van der Waals surface area contributed by atoms with Crippen molar-refractivity contribution in [3.63, 3.8) is 0 Å². The van der Waals surface area contributed by atoms with E-state index in [1.807, 2.05) is 0 Å². The zero-order chi connectivity index (χ0) is 0. The van der Waals surface area contributed by atoms with Gasteiger partial charge in [0.2, 0.25) is 0 Å². The molecule has 5 nitrogen and oxygen atoms in total. The molecular formula is H10ClN4OPd-3. The van der Waals surface area contributed by atoms with Gasteiger partial charge in [0.25, 0.3) is 0 Å². The van der Waals surface area contributed by atoms with Crippen LogP contribution in [0.5, 0.6) is 0 Å². The van der Waals surface area contributed by atoms with E-state index in [0.717, 1.165) is 0 Å². The Hall–Kier alpha value is 0.752. The van der Waals surface area contributed by atoms with E-state index >= 15 is 0 Å². The summed E-state index contributed by atoms with van der Waals surface area (Å²) in [5, 5.41) is 0. The van der Waals surface area contributed by atoms with Gasteiger partial charge in [0.1, 0.15) is 0 Å². The molecule has 0 saturated carbocycles. The van der Waals surface area contributed by atoms with E-state index in [2.05, 4.69) is 0 Å². The summed E-state index contributed by atoms with van der Waals surface area (Å²) in [6.07, 6.45) is 0. The maximum Gasteiger partial charge on any atom is 2.00 e. The minimum absolute atomic E-state index is 0. The Morgan fingerprint density at radius 1 is 0.571 bits per heavy atom. The van der Waals surface area contributed by atoms with Crippen molar-refractivity contribution in [3.8, 4) is 0 Å². The smallest absolute Gasteiger partial charge is 1.00 e. The Balaban J connectivity index is 0. The summed E-state index contributed by atoms with van der Waals surface area (Å²) in [4.78, 5) is 0. The molecule has 7 heteroatoms. The second-order valence-electron chi connectivity index (χ2n) is 0. The maximum atomic E-state index is 0. The minimum atomic E-state index is 0.